The van der Waals surface area contributed by atoms with Crippen molar-refractivity contribution in [2.75, 3.05) is 26.9 Å². The summed E-state index contributed by atoms with van der Waals surface area (Å²) in [5.41, 5.74) is 3.71. The van der Waals surface area contributed by atoms with Crippen LogP contribution in [0.25, 0.3) is 0 Å². The van der Waals surface area contributed by atoms with Crippen molar-refractivity contribution in [2.45, 2.75) is 63.3 Å². The van der Waals surface area contributed by atoms with Crippen LogP contribution in [0.15, 0.2) is 36.4 Å². The topological polar surface area (TPSA) is 48.0 Å². The van der Waals surface area contributed by atoms with Crippen molar-refractivity contribution >= 4 is 5.91 Å². The van der Waals surface area contributed by atoms with E-state index in [1.165, 1.54) is 24.0 Å². The number of nitrogens with zero attached hydrogens (tertiary/aromatic N) is 1. The average Bonchev–Trinajstić information content (AvgIpc) is 3.29. The lowest BCUT2D eigenvalue weighted by Crippen LogP contribution is -2.49. The third-order valence-electron chi connectivity index (χ3n) is 7.71. The Morgan fingerprint density at radius 2 is 1.84 bits per heavy atom. The Morgan fingerprint density at radius 1 is 1.16 bits per heavy atom. The quantitative estimate of drug-likeness (QED) is 0.647. The monoisotopic (exact) mass is 435 g/mol. The van der Waals surface area contributed by atoms with E-state index in [2.05, 4.69) is 36.9 Å². The number of amides is 1. The van der Waals surface area contributed by atoms with Gasteiger partial charge in [-0.3, -0.25) is 4.79 Å². The van der Waals surface area contributed by atoms with Gasteiger partial charge in [-0.1, -0.05) is 38.0 Å². The van der Waals surface area contributed by atoms with Gasteiger partial charge in [0.15, 0.2) is 11.5 Å². The van der Waals surface area contributed by atoms with Crippen molar-refractivity contribution in [3.05, 3.63) is 53.1 Å². The van der Waals surface area contributed by atoms with Gasteiger partial charge >= 0.3 is 0 Å². The highest BCUT2D eigenvalue weighted by molar-refractivity contribution is 5.79. The maximum absolute atomic E-state index is 13.7. The zero-order valence-corrected chi connectivity index (χ0v) is 19.4. The minimum Gasteiger partial charge on any atom is -0.496 e. The molecule has 1 amide bonds. The van der Waals surface area contributed by atoms with Gasteiger partial charge in [0.25, 0.3) is 0 Å². The number of para-hydroxylation sites is 1. The van der Waals surface area contributed by atoms with Crippen LogP contribution in [-0.4, -0.2) is 37.7 Å². The molecule has 0 bridgehead atoms. The van der Waals surface area contributed by atoms with Gasteiger partial charge in [0, 0.05) is 18.4 Å². The fraction of sp³-hybridized carbons (Fsp3) is 0.519. The largest absolute Gasteiger partial charge is 0.496 e. The molecule has 2 aromatic carbocycles. The molecule has 3 aliphatic rings. The molecular formula is C27H33NO4. The Balaban J connectivity index is 1.46. The maximum atomic E-state index is 13.7. The first-order chi connectivity index (χ1) is 15.5. The zero-order chi connectivity index (χ0) is 22.3. The molecular weight excluding hydrogens is 402 g/mol. The fourth-order valence-corrected chi connectivity index (χ4v) is 5.97. The summed E-state index contributed by atoms with van der Waals surface area (Å²) < 4.78 is 17.3. The molecule has 2 aromatic rings. The zero-order valence-electron chi connectivity index (χ0n) is 19.4. The van der Waals surface area contributed by atoms with Gasteiger partial charge in [-0.2, -0.15) is 0 Å². The molecule has 5 heteroatoms. The van der Waals surface area contributed by atoms with Gasteiger partial charge < -0.3 is 19.1 Å². The number of benzene rings is 2. The first-order valence-electron chi connectivity index (χ1n) is 11.9. The van der Waals surface area contributed by atoms with Crippen LogP contribution in [0.1, 0.15) is 74.6 Å². The summed E-state index contributed by atoms with van der Waals surface area (Å²) in [6.07, 6.45) is 5.14. The number of rotatable bonds is 4. The van der Waals surface area contributed by atoms with Crippen molar-refractivity contribution < 1.29 is 19.0 Å². The first-order valence-corrected chi connectivity index (χ1v) is 11.9. The second kappa shape index (κ2) is 8.34. The number of methoxy groups -OCH3 is 1. The van der Waals surface area contributed by atoms with Gasteiger partial charge in [0.05, 0.1) is 13.2 Å². The van der Waals surface area contributed by atoms with Crippen LogP contribution < -0.4 is 14.2 Å². The number of ether oxygens (including phenoxy) is 3. The van der Waals surface area contributed by atoms with Crippen LogP contribution in [-0.2, 0) is 10.2 Å². The third-order valence-corrected chi connectivity index (χ3v) is 7.71. The summed E-state index contributed by atoms with van der Waals surface area (Å²) in [5.74, 6) is 2.82. The summed E-state index contributed by atoms with van der Waals surface area (Å²) in [6, 6.07) is 12.4. The minimum absolute atomic E-state index is 0.0180. The van der Waals surface area contributed by atoms with E-state index in [-0.39, 0.29) is 23.3 Å². The molecule has 2 aliphatic heterocycles. The molecule has 1 saturated carbocycles. The normalized spacial score (nSPS) is 21.8. The van der Waals surface area contributed by atoms with Crippen molar-refractivity contribution in [3.63, 3.8) is 0 Å². The second-order valence-electron chi connectivity index (χ2n) is 9.62. The highest BCUT2D eigenvalue weighted by atomic mass is 16.6. The Bertz CT molecular complexity index is 1010. The predicted molar refractivity (Wildman–Crippen MR) is 124 cm³/mol. The summed E-state index contributed by atoms with van der Waals surface area (Å²) in [4.78, 5) is 15.8. The molecule has 1 fully saturated rings. The lowest BCUT2D eigenvalue weighted by molar-refractivity contribution is -0.135. The van der Waals surface area contributed by atoms with Crippen LogP contribution in [0.4, 0.5) is 0 Å². The van der Waals surface area contributed by atoms with Gasteiger partial charge in [-0.25, -0.2) is 0 Å². The van der Waals surface area contributed by atoms with E-state index in [0.29, 0.717) is 19.6 Å². The summed E-state index contributed by atoms with van der Waals surface area (Å²) >= 11 is 0. The van der Waals surface area contributed by atoms with E-state index in [0.717, 1.165) is 42.2 Å². The molecule has 0 N–H and O–H groups in total. The van der Waals surface area contributed by atoms with Gasteiger partial charge in [0.1, 0.15) is 19.0 Å². The van der Waals surface area contributed by atoms with E-state index in [1.54, 1.807) is 7.11 Å². The van der Waals surface area contributed by atoms with Crippen molar-refractivity contribution in [3.8, 4) is 17.2 Å². The van der Waals surface area contributed by atoms with Crippen LogP contribution in [0.5, 0.6) is 17.2 Å². The average molecular weight is 436 g/mol. The van der Waals surface area contributed by atoms with E-state index in [1.807, 2.05) is 18.2 Å². The summed E-state index contributed by atoms with van der Waals surface area (Å²) in [7, 11) is 1.69. The standard InChI is InChI=1S/C27H33NO4/c1-18(20-8-4-5-9-23(20)30-3)14-26(29)28-17-27(10-6-7-11-27)22-16-25-24(31-12-13-32-25)15-21(22)19(28)2/h4-5,8-9,15-16,18-19H,6-7,10-14,17H2,1-3H3. The van der Waals surface area contributed by atoms with Crippen LogP contribution in [0.3, 0.4) is 0 Å². The van der Waals surface area contributed by atoms with Gasteiger partial charge in [0.2, 0.25) is 5.91 Å². The molecule has 2 unspecified atom stereocenters. The smallest absolute Gasteiger partial charge is 0.223 e. The highest BCUT2D eigenvalue weighted by Crippen LogP contribution is 2.52. The Hall–Kier alpha value is -2.69. The van der Waals surface area contributed by atoms with Crippen molar-refractivity contribution in [1.29, 1.82) is 0 Å². The molecule has 5 nitrogen and oxygen atoms in total. The SMILES string of the molecule is COc1ccccc1C(C)CC(=O)N1CC2(CCCC2)c2cc3c(cc2C1C)OCCO3. The lowest BCUT2D eigenvalue weighted by atomic mass is 9.71. The predicted octanol–water partition coefficient (Wildman–Crippen LogP) is 5.38. The van der Waals surface area contributed by atoms with Gasteiger partial charge in [-0.05, 0) is 60.6 Å². The molecule has 170 valence electrons. The number of fused-ring (bicyclic) bond motifs is 3. The molecule has 32 heavy (non-hydrogen) atoms. The van der Waals surface area contributed by atoms with Crippen LogP contribution in [0.2, 0.25) is 0 Å². The number of hydrogen-bond acceptors (Lipinski definition) is 4. The van der Waals surface area contributed by atoms with E-state index in [9.17, 15) is 4.79 Å². The fourth-order valence-electron chi connectivity index (χ4n) is 5.97. The Labute approximate surface area is 190 Å². The number of carbonyl (C=O) groups is 1. The van der Waals surface area contributed by atoms with Gasteiger partial charge in [-0.15, -0.1) is 0 Å². The molecule has 2 heterocycles. The molecule has 1 spiro atoms. The van der Waals surface area contributed by atoms with Crippen molar-refractivity contribution in [1.82, 2.24) is 4.90 Å². The van der Waals surface area contributed by atoms with E-state index >= 15 is 0 Å². The van der Waals surface area contributed by atoms with E-state index < -0.39 is 0 Å². The van der Waals surface area contributed by atoms with Crippen LogP contribution >= 0.6 is 0 Å². The molecule has 0 aromatic heterocycles. The highest BCUT2D eigenvalue weighted by Gasteiger charge is 2.46. The molecule has 0 saturated heterocycles. The molecule has 2 atom stereocenters. The second-order valence-corrected chi connectivity index (χ2v) is 9.62. The van der Waals surface area contributed by atoms with E-state index in [4.69, 9.17) is 14.2 Å². The minimum atomic E-state index is 0.0180. The maximum Gasteiger partial charge on any atom is 0.223 e. The van der Waals surface area contributed by atoms with Crippen molar-refractivity contribution in [2.24, 2.45) is 0 Å². The Morgan fingerprint density at radius 3 is 2.56 bits per heavy atom. The summed E-state index contributed by atoms with van der Waals surface area (Å²) in [6.45, 7) is 6.23. The first kappa shape index (κ1) is 21.2. The number of carbonyl (C=O) groups excluding carboxylic acids is 1. The Kier molecular flexibility index (Phi) is 5.52. The molecule has 5 rings (SSSR count). The lowest BCUT2D eigenvalue weighted by Gasteiger charge is -2.46. The number of hydrogen-bond donors (Lipinski definition) is 0. The molecule has 1 aliphatic carbocycles. The van der Waals surface area contributed by atoms with Crippen LogP contribution in [0, 0.1) is 0 Å². The summed E-state index contributed by atoms with van der Waals surface area (Å²) in [5, 5.41) is 0. The third kappa shape index (κ3) is 3.52. The molecule has 0 radical (unpaired) electrons.